The molecule has 0 bridgehead atoms. The minimum Gasteiger partial charge on any atom is -0.337 e. The zero-order chi connectivity index (χ0) is 14.7. The normalized spacial score (nSPS) is 16.6. The summed E-state index contributed by atoms with van der Waals surface area (Å²) >= 11 is 3.22. The van der Waals surface area contributed by atoms with Crippen molar-refractivity contribution in [1.29, 1.82) is 0 Å². The topological polar surface area (TPSA) is 33.2 Å². The average molecular weight is 320 g/mol. The number of carbonyl (C=O) groups excluding carboxylic acids is 1. The summed E-state index contributed by atoms with van der Waals surface area (Å²) in [5.74, 6) is 0.0703. The third-order valence-electron chi connectivity index (χ3n) is 4.15. The van der Waals surface area contributed by atoms with Crippen LogP contribution in [0.3, 0.4) is 0 Å². The molecule has 0 spiro atoms. The van der Waals surface area contributed by atoms with Gasteiger partial charge in [-0.15, -0.1) is 22.7 Å². The van der Waals surface area contributed by atoms with E-state index in [2.05, 4.69) is 4.98 Å². The van der Waals surface area contributed by atoms with Gasteiger partial charge in [0.25, 0.3) is 5.91 Å². The Bertz CT molecular complexity index is 583. The highest BCUT2D eigenvalue weighted by atomic mass is 32.1. The van der Waals surface area contributed by atoms with E-state index < -0.39 is 0 Å². The summed E-state index contributed by atoms with van der Waals surface area (Å²) < 4.78 is 0. The third-order valence-corrected chi connectivity index (χ3v) is 6.03. The molecule has 2 aromatic heterocycles. The van der Waals surface area contributed by atoms with E-state index in [1.165, 1.54) is 25.7 Å². The van der Waals surface area contributed by atoms with Crippen LogP contribution < -0.4 is 0 Å². The molecular weight excluding hydrogens is 300 g/mol. The second-order valence-corrected chi connectivity index (χ2v) is 7.38. The lowest BCUT2D eigenvalue weighted by Crippen LogP contribution is -2.36. The predicted molar refractivity (Wildman–Crippen MR) is 89.0 cm³/mol. The molecule has 0 radical (unpaired) electrons. The molecule has 112 valence electrons. The van der Waals surface area contributed by atoms with Gasteiger partial charge in [-0.05, 0) is 24.3 Å². The predicted octanol–water partition coefficient (Wildman–Crippen LogP) is 4.67. The quantitative estimate of drug-likeness (QED) is 0.770. The summed E-state index contributed by atoms with van der Waals surface area (Å²) in [6.45, 7) is 0. The molecule has 3 nitrogen and oxygen atoms in total. The third kappa shape index (κ3) is 3.35. The Kier molecular flexibility index (Phi) is 4.70. The highest BCUT2D eigenvalue weighted by molar-refractivity contribution is 7.20. The Morgan fingerprint density at radius 2 is 2.00 bits per heavy atom. The van der Waals surface area contributed by atoms with E-state index in [1.54, 1.807) is 22.7 Å². The van der Waals surface area contributed by atoms with Crippen molar-refractivity contribution in [1.82, 2.24) is 9.88 Å². The minimum absolute atomic E-state index is 0.0703. The van der Waals surface area contributed by atoms with Crippen LogP contribution in [-0.4, -0.2) is 28.9 Å². The van der Waals surface area contributed by atoms with Crippen LogP contribution >= 0.6 is 22.7 Å². The van der Waals surface area contributed by atoms with E-state index in [4.69, 9.17) is 0 Å². The first-order valence-electron chi connectivity index (χ1n) is 7.52. The van der Waals surface area contributed by atoms with Crippen LogP contribution in [0.25, 0.3) is 9.88 Å². The van der Waals surface area contributed by atoms with Gasteiger partial charge in [-0.3, -0.25) is 4.79 Å². The number of carbonyl (C=O) groups is 1. The van der Waals surface area contributed by atoms with E-state index in [0.717, 1.165) is 22.7 Å². The molecule has 1 saturated carbocycles. The number of amides is 1. The summed E-state index contributed by atoms with van der Waals surface area (Å²) in [6.07, 6.45) is 7.34. The fourth-order valence-electron chi connectivity index (χ4n) is 2.88. The number of thiophene rings is 1. The molecule has 5 heteroatoms. The highest BCUT2D eigenvalue weighted by Gasteiger charge is 2.24. The zero-order valence-electron chi connectivity index (χ0n) is 12.2. The van der Waals surface area contributed by atoms with Crippen molar-refractivity contribution < 1.29 is 4.79 Å². The number of thiazole rings is 1. The Hall–Kier alpha value is -1.20. The molecule has 0 unspecified atom stereocenters. The van der Waals surface area contributed by atoms with Crippen LogP contribution in [0.15, 0.2) is 22.9 Å². The second-order valence-electron chi connectivity index (χ2n) is 5.58. The Labute approximate surface area is 133 Å². The standard InChI is InChI=1S/C16H20N2OS2/c1-18(12-7-4-2-3-5-8-12)16(19)13-11-21-15(17-13)14-9-6-10-20-14/h6,9-12H,2-5,7-8H2,1H3. The summed E-state index contributed by atoms with van der Waals surface area (Å²) in [5, 5.41) is 4.88. The summed E-state index contributed by atoms with van der Waals surface area (Å²) in [6, 6.07) is 4.44. The molecule has 1 amide bonds. The number of aromatic nitrogens is 1. The van der Waals surface area contributed by atoms with Crippen molar-refractivity contribution in [3.05, 3.63) is 28.6 Å². The molecule has 0 N–H and O–H groups in total. The van der Waals surface area contributed by atoms with Crippen molar-refractivity contribution in [3.8, 4) is 9.88 Å². The molecule has 2 aromatic rings. The monoisotopic (exact) mass is 320 g/mol. The van der Waals surface area contributed by atoms with Gasteiger partial charge in [0.05, 0.1) is 4.88 Å². The van der Waals surface area contributed by atoms with Gasteiger partial charge in [-0.25, -0.2) is 4.98 Å². The SMILES string of the molecule is CN(C(=O)c1csc(-c2cccs2)n1)C1CCCCCC1. The van der Waals surface area contributed by atoms with Crippen molar-refractivity contribution >= 4 is 28.6 Å². The van der Waals surface area contributed by atoms with E-state index in [0.29, 0.717) is 11.7 Å². The van der Waals surface area contributed by atoms with Crippen LogP contribution in [0, 0.1) is 0 Å². The maximum atomic E-state index is 12.6. The van der Waals surface area contributed by atoms with Gasteiger partial charge in [0, 0.05) is 18.5 Å². The van der Waals surface area contributed by atoms with E-state index in [-0.39, 0.29) is 5.91 Å². The molecule has 2 heterocycles. The molecule has 1 aliphatic rings. The molecule has 0 saturated heterocycles. The van der Waals surface area contributed by atoms with Crippen molar-refractivity contribution in [2.75, 3.05) is 7.05 Å². The van der Waals surface area contributed by atoms with E-state index >= 15 is 0 Å². The fourth-order valence-corrected chi connectivity index (χ4v) is 4.49. The summed E-state index contributed by atoms with van der Waals surface area (Å²) in [4.78, 5) is 20.2. The smallest absolute Gasteiger partial charge is 0.273 e. The van der Waals surface area contributed by atoms with Gasteiger partial charge in [0.15, 0.2) is 0 Å². The van der Waals surface area contributed by atoms with Crippen LogP contribution in [0.2, 0.25) is 0 Å². The fraction of sp³-hybridized carbons (Fsp3) is 0.500. The second kappa shape index (κ2) is 6.71. The number of hydrogen-bond donors (Lipinski definition) is 0. The largest absolute Gasteiger partial charge is 0.337 e. The number of nitrogens with zero attached hydrogens (tertiary/aromatic N) is 2. The molecular formula is C16H20N2OS2. The Morgan fingerprint density at radius 3 is 2.67 bits per heavy atom. The molecule has 0 aromatic carbocycles. The van der Waals surface area contributed by atoms with Crippen LogP contribution in [0.5, 0.6) is 0 Å². The Balaban J connectivity index is 1.72. The molecule has 1 fully saturated rings. The number of rotatable bonds is 3. The molecule has 0 aliphatic heterocycles. The maximum Gasteiger partial charge on any atom is 0.273 e. The van der Waals surface area contributed by atoms with Gasteiger partial charge >= 0.3 is 0 Å². The van der Waals surface area contributed by atoms with Gasteiger partial charge in [-0.2, -0.15) is 0 Å². The van der Waals surface area contributed by atoms with Crippen molar-refractivity contribution in [3.63, 3.8) is 0 Å². The highest BCUT2D eigenvalue weighted by Crippen LogP contribution is 2.29. The molecule has 3 rings (SSSR count). The molecule has 1 aliphatic carbocycles. The van der Waals surface area contributed by atoms with Crippen molar-refractivity contribution in [2.24, 2.45) is 0 Å². The first-order valence-corrected chi connectivity index (χ1v) is 9.28. The van der Waals surface area contributed by atoms with E-state index in [1.807, 2.05) is 34.8 Å². The maximum absolute atomic E-state index is 12.6. The van der Waals surface area contributed by atoms with Crippen LogP contribution in [-0.2, 0) is 0 Å². The van der Waals surface area contributed by atoms with Crippen molar-refractivity contribution in [2.45, 2.75) is 44.6 Å². The van der Waals surface area contributed by atoms with Gasteiger partial charge in [-0.1, -0.05) is 31.7 Å². The summed E-state index contributed by atoms with van der Waals surface area (Å²) in [5.41, 5.74) is 0.593. The van der Waals surface area contributed by atoms with Gasteiger partial charge < -0.3 is 4.90 Å². The lowest BCUT2D eigenvalue weighted by molar-refractivity contribution is 0.0712. The lowest BCUT2D eigenvalue weighted by atomic mass is 10.1. The molecule has 21 heavy (non-hydrogen) atoms. The van der Waals surface area contributed by atoms with Crippen LogP contribution in [0.4, 0.5) is 0 Å². The van der Waals surface area contributed by atoms with Gasteiger partial charge in [0.2, 0.25) is 0 Å². The first-order chi connectivity index (χ1) is 10.3. The summed E-state index contributed by atoms with van der Waals surface area (Å²) in [7, 11) is 1.93. The van der Waals surface area contributed by atoms with Gasteiger partial charge in [0.1, 0.15) is 10.7 Å². The first kappa shape index (κ1) is 14.7. The van der Waals surface area contributed by atoms with Crippen LogP contribution in [0.1, 0.15) is 49.0 Å². The zero-order valence-corrected chi connectivity index (χ0v) is 13.9. The minimum atomic E-state index is 0.0703. The Morgan fingerprint density at radius 1 is 1.24 bits per heavy atom. The molecule has 0 atom stereocenters. The average Bonchev–Trinajstić information content (AvgIpc) is 3.12. The van der Waals surface area contributed by atoms with E-state index in [9.17, 15) is 4.79 Å². The number of hydrogen-bond acceptors (Lipinski definition) is 4. The lowest BCUT2D eigenvalue weighted by Gasteiger charge is -2.26.